The minimum atomic E-state index is -2.99. The zero-order valence-electron chi connectivity index (χ0n) is 11.5. The maximum atomic E-state index is 11.4. The van der Waals surface area contributed by atoms with E-state index in [1.807, 2.05) is 0 Å². The molecule has 0 aromatic heterocycles. The number of rotatable bonds is 8. The van der Waals surface area contributed by atoms with Crippen LogP contribution in [0.5, 0.6) is 0 Å². The van der Waals surface area contributed by atoms with Gasteiger partial charge in [0.15, 0.2) is 0 Å². The molecule has 2 N–H and O–H groups in total. The summed E-state index contributed by atoms with van der Waals surface area (Å²) in [7, 11) is -2.99. The molecule has 0 bridgehead atoms. The van der Waals surface area contributed by atoms with Gasteiger partial charge in [-0.3, -0.25) is 0 Å². The molecule has 5 nitrogen and oxygen atoms in total. The zero-order chi connectivity index (χ0) is 13.4. The van der Waals surface area contributed by atoms with E-state index in [0.717, 1.165) is 32.6 Å². The van der Waals surface area contributed by atoms with Crippen molar-refractivity contribution in [2.45, 2.75) is 32.1 Å². The summed E-state index contributed by atoms with van der Waals surface area (Å²) in [5.41, 5.74) is 5.45. The molecule has 6 heteroatoms. The molecule has 108 valence electrons. The average molecular weight is 277 g/mol. The molecule has 0 radical (unpaired) electrons. The molecule has 1 aliphatic heterocycles. The van der Waals surface area contributed by atoms with E-state index in [1.165, 1.54) is 31.9 Å². The third kappa shape index (κ3) is 6.13. The van der Waals surface area contributed by atoms with Gasteiger partial charge in [0.05, 0.1) is 6.26 Å². The fourth-order valence-electron chi connectivity index (χ4n) is 2.29. The first-order chi connectivity index (χ1) is 8.54. The highest BCUT2D eigenvalue weighted by molar-refractivity contribution is 7.88. The highest BCUT2D eigenvalue weighted by atomic mass is 32.2. The summed E-state index contributed by atoms with van der Waals surface area (Å²) < 4.78 is 24.3. The molecule has 0 amide bonds. The summed E-state index contributed by atoms with van der Waals surface area (Å²) in [6, 6.07) is 0. The van der Waals surface area contributed by atoms with E-state index in [0.29, 0.717) is 13.1 Å². The Morgan fingerprint density at radius 2 is 1.50 bits per heavy atom. The monoisotopic (exact) mass is 277 g/mol. The molecule has 0 aromatic carbocycles. The second kappa shape index (κ2) is 8.09. The summed E-state index contributed by atoms with van der Waals surface area (Å²) >= 11 is 0. The summed E-state index contributed by atoms with van der Waals surface area (Å²) in [4.78, 5) is 2.37. The van der Waals surface area contributed by atoms with Crippen molar-refractivity contribution in [2.24, 2.45) is 5.73 Å². The Balaban J connectivity index is 2.06. The number of hydrogen-bond donors (Lipinski definition) is 1. The molecule has 0 unspecified atom stereocenters. The van der Waals surface area contributed by atoms with Gasteiger partial charge in [0.25, 0.3) is 0 Å². The lowest BCUT2D eigenvalue weighted by Gasteiger charge is -2.33. The molecule has 0 aliphatic carbocycles. The van der Waals surface area contributed by atoms with E-state index in [4.69, 9.17) is 5.73 Å². The first-order valence-electron chi connectivity index (χ1n) is 6.91. The minimum absolute atomic E-state index is 0.645. The van der Waals surface area contributed by atoms with Crippen LogP contribution in [0.25, 0.3) is 0 Å². The lowest BCUT2D eigenvalue weighted by molar-refractivity contribution is 0.186. The van der Waals surface area contributed by atoms with Crippen molar-refractivity contribution in [3.05, 3.63) is 0 Å². The Kier molecular flexibility index (Phi) is 7.14. The van der Waals surface area contributed by atoms with Gasteiger partial charge in [0, 0.05) is 26.2 Å². The largest absolute Gasteiger partial charge is 0.330 e. The third-order valence-corrected chi connectivity index (χ3v) is 4.78. The average Bonchev–Trinajstić information content (AvgIpc) is 2.33. The van der Waals surface area contributed by atoms with Crippen LogP contribution in [0, 0.1) is 0 Å². The standard InChI is InChI=1S/C12H27N3O2S/c1-18(16,17)15-11-9-14(10-12-15)8-6-4-2-3-5-7-13/h2-13H2,1H3. The molecular weight excluding hydrogens is 250 g/mol. The molecule has 0 atom stereocenters. The molecule has 0 saturated carbocycles. The summed E-state index contributed by atoms with van der Waals surface area (Å²) in [6.07, 6.45) is 7.39. The van der Waals surface area contributed by atoms with Crippen LogP contribution in [0.1, 0.15) is 32.1 Å². The SMILES string of the molecule is CS(=O)(=O)N1CCN(CCCCCCCN)CC1. The second-order valence-corrected chi connectivity index (χ2v) is 7.04. The Bertz CT molecular complexity index is 311. The first-order valence-corrected chi connectivity index (χ1v) is 8.76. The van der Waals surface area contributed by atoms with Crippen LogP contribution in [-0.4, -0.2) is 63.1 Å². The fourth-order valence-corrected chi connectivity index (χ4v) is 3.12. The van der Waals surface area contributed by atoms with Crippen LogP contribution in [0.2, 0.25) is 0 Å². The molecule has 1 fully saturated rings. The number of unbranched alkanes of at least 4 members (excludes halogenated alkanes) is 4. The quantitative estimate of drug-likeness (QED) is 0.655. The molecule has 1 aliphatic rings. The van der Waals surface area contributed by atoms with Crippen LogP contribution in [0.4, 0.5) is 0 Å². The number of nitrogens with two attached hydrogens (primary N) is 1. The van der Waals surface area contributed by atoms with E-state index >= 15 is 0 Å². The summed E-state index contributed by atoms with van der Waals surface area (Å²) in [6.45, 7) is 4.93. The first kappa shape index (κ1) is 15.9. The van der Waals surface area contributed by atoms with Gasteiger partial charge in [-0.2, -0.15) is 4.31 Å². The molecule has 1 heterocycles. The third-order valence-electron chi connectivity index (χ3n) is 3.48. The van der Waals surface area contributed by atoms with Gasteiger partial charge in [-0.1, -0.05) is 19.3 Å². The van der Waals surface area contributed by atoms with Gasteiger partial charge in [-0.25, -0.2) is 8.42 Å². The van der Waals surface area contributed by atoms with E-state index < -0.39 is 10.0 Å². The van der Waals surface area contributed by atoms with Gasteiger partial charge >= 0.3 is 0 Å². The van der Waals surface area contributed by atoms with Gasteiger partial charge in [0.2, 0.25) is 10.0 Å². The van der Waals surface area contributed by atoms with Crippen LogP contribution in [0.3, 0.4) is 0 Å². The predicted molar refractivity (Wildman–Crippen MR) is 75.0 cm³/mol. The van der Waals surface area contributed by atoms with Crippen LogP contribution < -0.4 is 5.73 Å². The van der Waals surface area contributed by atoms with E-state index in [1.54, 1.807) is 4.31 Å². The van der Waals surface area contributed by atoms with Gasteiger partial charge in [-0.15, -0.1) is 0 Å². The number of piperazine rings is 1. The minimum Gasteiger partial charge on any atom is -0.330 e. The predicted octanol–water partition coefficient (Wildman–Crippen LogP) is 0.473. The molecule has 18 heavy (non-hydrogen) atoms. The second-order valence-electron chi connectivity index (χ2n) is 5.06. The molecular formula is C12H27N3O2S. The highest BCUT2D eigenvalue weighted by Crippen LogP contribution is 2.08. The Hall–Kier alpha value is -0.170. The number of sulfonamides is 1. The van der Waals surface area contributed by atoms with Crippen molar-refractivity contribution in [1.82, 2.24) is 9.21 Å². The lowest BCUT2D eigenvalue weighted by atomic mass is 10.1. The topological polar surface area (TPSA) is 66.6 Å². The number of hydrogen-bond acceptors (Lipinski definition) is 4. The highest BCUT2D eigenvalue weighted by Gasteiger charge is 2.22. The van der Waals surface area contributed by atoms with Crippen molar-refractivity contribution in [2.75, 3.05) is 45.5 Å². The Labute approximate surface area is 111 Å². The smallest absolute Gasteiger partial charge is 0.211 e. The molecule has 0 spiro atoms. The zero-order valence-corrected chi connectivity index (χ0v) is 12.3. The van der Waals surface area contributed by atoms with Crippen LogP contribution in [0.15, 0.2) is 0 Å². The van der Waals surface area contributed by atoms with E-state index in [2.05, 4.69) is 4.90 Å². The van der Waals surface area contributed by atoms with Crippen molar-refractivity contribution in [1.29, 1.82) is 0 Å². The Morgan fingerprint density at radius 3 is 2.06 bits per heavy atom. The van der Waals surface area contributed by atoms with E-state index in [-0.39, 0.29) is 0 Å². The van der Waals surface area contributed by atoms with Crippen molar-refractivity contribution >= 4 is 10.0 Å². The van der Waals surface area contributed by atoms with Crippen LogP contribution >= 0.6 is 0 Å². The lowest BCUT2D eigenvalue weighted by Crippen LogP contribution is -2.48. The van der Waals surface area contributed by atoms with Crippen molar-refractivity contribution in [3.8, 4) is 0 Å². The molecule has 1 saturated heterocycles. The normalized spacial score (nSPS) is 19.2. The van der Waals surface area contributed by atoms with Crippen molar-refractivity contribution < 1.29 is 8.42 Å². The molecule has 1 rings (SSSR count). The van der Waals surface area contributed by atoms with Gasteiger partial charge in [-0.05, 0) is 25.9 Å². The summed E-state index contributed by atoms with van der Waals surface area (Å²) in [5.74, 6) is 0. The summed E-state index contributed by atoms with van der Waals surface area (Å²) in [5, 5.41) is 0. The maximum Gasteiger partial charge on any atom is 0.211 e. The molecule has 0 aromatic rings. The van der Waals surface area contributed by atoms with Crippen LogP contribution in [-0.2, 0) is 10.0 Å². The fraction of sp³-hybridized carbons (Fsp3) is 1.00. The van der Waals surface area contributed by atoms with Gasteiger partial charge < -0.3 is 10.6 Å². The Morgan fingerprint density at radius 1 is 0.944 bits per heavy atom. The van der Waals surface area contributed by atoms with Crippen molar-refractivity contribution in [3.63, 3.8) is 0 Å². The van der Waals surface area contributed by atoms with E-state index in [9.17, 15) is 8.42 Å². The van der Waals surface area contributed by atoms with Gasteiger partial charge in [0.1, 0.15) is 0 Å². The maximum absolute atomic E-state index is 11.4. The number of nitrogens with zero attached hydrogens (tertiary/aromatic N) is 2.